The van der Waals surface area contributed by atoms with E-state index in [2.05, 4.69) is 34.1 Å². The average molecular weight is 344 g/mol. The largest absolute Gasteiger partial charge is 0.341 e. The fourth-order valence-electron chi connectivity index (χ4n) is 3.27. The van der Waals surface area contributed by atoms with Crippen LogP contribution in [-0.4, -0.2) is 47.4 Å². The zero-order chi connectivity index (χ0) is 16.9. The molecule has 1 atom stereocenters. The van der Waals surface area contributed by atoms with Gasteiger partial charge in [-0.1, -0.05) is 41.9 Å². The molecule has 0 unspecified atom stereocenters. The van der Waals surface area contributed by atoms with Gasteiger partial charge in [0.1, 0.15) is 5.15 Å². The van der Waals surface area contributed by atoms with Crippen molar-refractivity contribution in [3.05, 3.63) is 64.9 Å². The zero-order valence-electron chi connectivity index (χ0n) is 13.9. The van der Waals surface area contributed by atoms with Crippen LogP contribution in [-0.2, 0) is 6.54 Å². The Morgan fingerprint density at radius 1 is 1.33 bits per heavy atom. The number of amides is 1. The lowest BCUT2D eigenvalue weighted by molar-refractivity contribution is 0.0773. The second-order valence-corrected chi connectivity index (χ2v) is 6.82. The van der Waals surface area contributed by atoms with Crippen molar-refractivity contribution in [2.75, 3.05) is 26.7 Å². The first-order chi connectivity index (χ1) is 11.6. The number of carbonyl (C=O) groups is 1. The van der Waals surface area contributed by atoms with Crippen molar-refractivity contribution in [2.24, 2.45) is 5.92 Å². The lowest BCUT2D eigenvalue weighted by Gasteiger charge is -2.22. The van der Waals surface area contributed by atoms with Gasteiger partial charge in [0, 0.05) is 38.4 Å². The summed E-state index contributed by atoms with van der Waals surface area (Å²) in [4.78, 5) is 20.7. The van der Waals surface area contributed by atoms with E-state index in [1.54, 1.807) is 23.2 Å². The molecule has 0 aliphatic carbocycles. The molecule has 1 aromatic heterocycles. The van der Waals surface area contributed by atoms with Gasteiger partial charge in [0.15, 0.2) is 0 Å². The summed E-state index contributed by atoms with van der Waals surface area (Å²) in [5, 5.41) is 0.351. The van der Waals surface area contributed by atoms with Crippen molar-refractivity contribution in [2.45, 2.75) is 13.0 Å². The molecule has 1 saturated heterocycles. The molecule has 5 heteroatoms. The van der Waals surface area contributed by atoms with Gasteiger partial charge < -0.3 is 4.90 Å². The van der Waals surface area contributed by atoms with Gasteiger partial charge in [0.25, 0.3) is 5.91 Å². The minimum Gasteiger partial charge on any atom is -0.341 e. The van der Waals surface area contributed by atoms with Gasteiger partial charge in [-0.3, -0.25) is 9.69 Å². The van der Waals surface area contributed by atoms with Crippen molar-refractivity contribution < 1.29 is 4.79 Å². The lowest BCUT2D eigenvalue weighted by atomic mass is 10.1. The van der Waals surface area contributed by atoms with E-state index in [1.165, 1.54) is 5.56 Å². The van der Waals surface area contributed by atoms with Crippen molar-refractivity contribution in [1.29, 1.82) is 0 Å². The molecule has 0 saturated carbocycles. The first-order valence-corrected chi connectivity index (χ1v) is 8.63. The van der Waals surface area contributed by atoms with Crippen LogP contribution < -0.4 is 0 Å². The maximum absolute atomic E-state index is 12.5. The van der Waals surface area contributed by atoms with Crippen LogP contribution in [0.1, 0.15) is 22.3 Å². The smallest absolute Gasteiger partial charge is 0.253 e. The minimum atomic E-state index is 0.000749. The average Bonchev–Trinajstić information content (AvgIpc) is 3.02. The molecule has 0 N–H and O–H groups in total. The summed E-state index contributed by atoms with van der Waals surface area (Å²) in [6, 6.07) is 13.9. The molecule has 24 heavy (non-hydrogen) atoms. The SMILES string of the molecule is CN(C[C@H]1CCN(Cc2ccccc2)C1)C(=O)c1ccnc(Cl)c1. The maximum Gasteiger partial charge on any atom is 0.253 e. The molecular weight excluding hydrogens is 322 g/mol. The number of carbonyl (C=O) groups excluding carboxylic acids is 1. The number of nitrogens with zero attached hydrogens (tertiary/aromatic N) is 3. The molecule has 1 fully saturated rings. The Morgan fingerprint density at radius 3 is 2.88 bits per heavy atom. The van der Waals surface area contributed by atoms with Gasteiger partial charge in [-0.05, 0) is 36.6 Å². The van der Waals surface area contributed by atoms with Crippen LogP contribution in [0.15, 0.2) is 48.7 Å². The molecule has 2 heterocycles. The van der Waals surface area contributed by atoms with Crippen molar-refractivity contribution in [1.82, 2.24) is 14.8 Å². The topological polar surface area (TPSA) is 36.4 Å². The van der Waals surface area contributed by atoms with Gasteiger partial charge in [-0.15, -0.1) is 0 Å². The third kappa shape index (κ3) is 4.34. The van der Waals surface area contributed by atoms with Crippen LogP contribution in [0.25, 0.3) is 0 Å². The van der Waals surface area contributed by atoms with E-state index in [0.717, 1.165) is 32.6 Å². The predicted octanol–water partition coefficient (Wildman–Crippen LogP) is 3.33. The van der Waals surface area contributed by atoms with E-state index in [-0.39, 0.29) is 5.91 Å². The highest BCUT2D eigenvalue weighted by Gasteiger charge is 2.25. The van der Waals surface area contributed by atoms with E-state index in [4.69, 9.17) is 11.6 Å². The Labute approximate surface area is 148 Å². The Morgan fingerprint density at radius 2 is 2.12 bits per heavy atom. The second-order valence-electron chi connectivity index (χ2n) is 6.43. The van der Waals surface area contributed by atoms with Crippen LogP contribution in [0.3, 0.4) is 0 Å². The summed E-state index contributed by atoms with van der Waals surface area (Å²) in [7, 11) is 1.86. The lowest BCUT2D eigenvalue weighted by Crippen LogP contribution is -2.33. The highest BCUT2D eigenvalue weighted by atomic mass is 35.5. The van der Waals surface area contributed by atoms with Crippen molar-refractivity contribution >= 4 is 17.5 Å². The number of likely N-dealkylation sites (tertiary alicyclic amines) is 1. The summed E-state index contributed by atoms with van der Waals surface area (Å²) < 4.78 is 0. The molecule has 126 valence electrons. The van der Waals surface area contributed by atoms with Gasteiger partial charge in [-0.25, -0.2) is 4.98 Å². The summed E-state index contributed by atoms with van der Waals surface area (Å²) in [5.41, 5.74) is 1.94. The first-order valence-electron chi connectivity index (χ1n) is 8.25. The van der Waals surface area contributed by atoms with Crippen LogP contribution in [0.4, 0.5) is 0 Å². The van der Waals surface area contributed by atoms with Crippen molar-refractivity contribution in [3.63, 3.8) is 0 Å². The van der Waals surface area contributed by atoms with Crippen LogP contribution in [0, 0.1) is 5.92 Å². The molecule has 2 aromatic rings. The third-order valence-corrected chi connectivity index (χ3v) is 4.68. The van der Waals surface area contributed by atoms with Gasteiger partial charge >= 0.3 is 0 Å². The molecular formula is C19H22ClN3O. The summed E-state index contributed by atoms with van der Waals surface area (Å²) in [6.07, 6.45) is 2.70. The predicted molar refractivity (Wildman–Crippen MR) is 96.0 cm³/mol. The molecule has 1 amide bonds. The Hall–Kier alpha value is -1.91. The number of hydrogen-bond acceptors (Lipinski definition) is 3. The summed E-state index contributed by atoms with van der Waals surface area (Å²) in [5.74, 6) is 0.515. The molecule has 0 spiro atoms. The highest BCUT2D eigenvalue weighted by Crippen LogP contribution is 2.20. The zero-order valence-corrected chi connectivity index (χ0v) is 14.6. The number of halogens is 1. The van der Waals surface area contributed by atoms with Crippen LogP contribution >= 0.6 is 11.6 Å². The van der Waals surface area contributed by atoms with E-state index in [0.29, 0.717) is 16.6 Å². The van der Waals surface area contributed by atoms with Gasteiger partial charge in [0.05, 0.1) is 0 Å². The minimum absolute atomic E-state index is 0.000749. The number of aromatic nitrogens is 1. The molecule has 0 bridgehead atoms. The normalized spacial score (nSPS) is 17.8. The van der Waals surface area contributed by atoms with Crippen molar-refractivity contribution in [3.8, 4) is 0 Å². The molecule has 1 aromatic carbocycles. The standard InChI is InChI=1S/C19H22ClN3O/c1-22(19(24)17-7-9-21-18(20)11-17)12-16-8-10-23(14-16)13-15-5-3-2-4-6-15/h2-7,9,11,16H,8,10,12-14H2,1H3/t16-/m1/s1. The molecule has 1 aliphatic heterocycles. The number of rotatable bonds is 5. The van der Waals surface area contributed by atoms with Gasteiger partial charge in [-0.2, -0.15) is 0 Å². The Balaban J connectivity index is 1.52. The Kier molecular flexibility index (Phi) is 5.48. The van der Waals surface area contributed by atoms with E-state index < -0.39 is 0 Å². The van der Waals surface area contributed by atoms with Crippen LogP contribution in [0.2, 0.25) is 5.15 Å². The Bertz CT molecular complexity index is 692. The first kappa shape index (κ1) is 16.9. The molecule has 0 radical (unpaired) electrons. The summed E-state index contributed by atoms with van der Waals surface area (Å²) >= 11 is 5.87. The number of pyridine rings is 1. The fraction of sp³-hybridized carbons (Fsp3) is 0.368. The fourth-order valence-corrected chi connectivity index (χ4v) is 3.45. The maximum atomic E-state index is 12.5. The second kappa shape index (κ2) is 7.77. The van der Waals surface area contributed by atoms with Crippen LogP contribution in [0.5, 0.6) is 0 Å². The molecule has 4 nitrogen and oxygen atoms in total. The van der Waals surface area contributed by atoms with E-state index in [9.17, 15) is 4.79 Å². The molecule has 1 aliphatic rings. The summed E-state index contributed by atoms with van der Waals surface area (Å²) in [6.45, 7) is 3.87. The highest BCUT2D eigenvalue weighted by molar-refractivity contribution is 6.29. The van der Waals surface area contributed by atoms with Gasteiger partial charge in [0.2, 0.25) is 0 Å². The monoisotopic (exact) mass is 343 g/mol. The quantitative estimate of drug-likeness (QED) is 0.781. The number of benzene rings is 1. The van der Waals surface area contributed by atoms with E-state index >= 15 is 0 Å². The molecule has 3 rings (SSSR count). The third-order valence-electron chi connectivity index (χ3n) is 4.47. The number of hydrogen-bond donors (Lipinski definition) is 0. The van der Waals surface area contributed by atoms with E-state index in [1.807, 2.05) is 13.1 Å².